The molecule has 6 unspecified atom stereocenters. The van der Waals surface area contributed by atoms with Gasteiger partial charge in [-0.25, -0.2) is 0 Å². The number of nitrogens with zero attached hydrogens (tertiary/aromatic N) is 1. The van der Waals surface area contributed by atoms with Crippen molar-refractivity contribution in [1.82, 2.24) is 10.2 Å². The Morgan fingerprint density at radius 3 is 2.42 bits per heavy atom. The van der Waals surface area contributed by atoms with Crippen LogP contribution in [0, 0.1) is 11.8 Å². The number of aromatic hydroxyl groups is 1. The first-order valence-electron chi connectivity index (χ1n) is 11.6. The minimum absolute atomic E-state index is 0.0270. The van der Waals surface area contributed by atoms with Crippen LogP contribution < -0.4 is 11.1 Å². The fourth-order valence-corrected chi connectivity index (χ4v) is 5.09. The second-order valence-corrected chi connectivity index (χ2v) is 9.77. The van der Waals surface area contributed by atoms with Crippen LogP contribution in [0.4, 0.5) is 0 Å². The first-order chi connectivity index (χ1) is 15.6. The topological polar surface area (TPSA) is 153 Å². The third-order valence-electron chi connectivity index (χ3n) is 6.72. The number of phenolic OH excluding ortho intramolecular Hbond substituents is 1. The van der Waals surface area contributed by atoms with Gasteiger partial charge >= 0.3 is 0 Å². The van der Waals surface area contributed by atoms with E-state index < -0.39 is 42.0 Å². The van der Waals surface area contributed by atoms with Crippen LogP contribution in [-0.2, 0) is 20.8 Å². The summed E-state index contributed by atoms with van der Waals surface area (Å²) in [5.74, 6) is -1.44. The molecule has 9 nitrogen and oxygen atoms in total. The lowest BCUT2D eigenvalue weighted by atomic mass is 9.83. The summed E-state index contributed by atoms with van der Waals surface area (Å²) in [6.45, 7) is 3.84. The molecule has 1 aromatic carbocycles. The van der Waals surface area contributed by atoms with E-state index >= 15 is 0 Å². The highest BCUT2D eigenvalue weighted by molar-refractivity contribution is 5.93. The average Bonchev–Trinajstić information content (AvgIpc) is 3.12. The highest BCUT2D eigenvalue weighted by Crippen LogP contribution is 2.40. The first kappa shape index (κ1) is 25.0. The zero-order valence-corrected chi connectivity index (χ0v) is 19.2. The second-order valence-electron chi connectivity index (χ2n) is 9.77. The van der Waals surface area contributed by atoms with Gasteiger partial charge in [-0.2, -0.15) is 0 Å². The van der Waals surface area contributed by atoms with Crippen molar-refractivity contribution >= 4 is 17.7 Å². The lowest BCUT2D eigenvalue weighted by molar-refractivity contribution is -0.145. The molecular weight excluding hydrogens is 426 g/mol. The molecule has 182 valence electrons. The van der Waals surface area contributed by atoms with E-state index in [-0.39, 0.29) is 30.0 Å². The maximum atomic E-state index is 13.6. The van der Waals surface area contributed by atoms with E-state index in [2.05, 4.69) is 5.32 Å². The fourth-order valence-electron chi connectivity index (χ4n) is 5.09. The van der Waals surface area contributed by atoms with E-state index in [1.807, 2.05) is 13.8 Å². The number of nitrogens with two attached hydrogens (primary N) is 1. The number of hydrogen-bond donors (Lipinski definition) is 5. The molecule has 1 heterocycles. The number of benzene rings is 1. The Kier molecular flexibility index (Phi) is 7.97. The number of carbonyl (C=O) groups excluding carboxylic acids is 3. The van der Waals surface area contributed by atoms with Crippen molar-refractivity contribution in [3.63, 3.8) is 0 Å². The second kappa shape index (κ2) is 10.5. The minimum Gasteiger partial charge on any atom is -0.508 e. The molecule has 9 heteroatoms. The van der Waals surface area contributed by atoms with Crippen LogP contribution in [0.5, 0.6) is 5.75 Å². The summed E-state index contributed by atoms with van der Waals surface area (Å²) in [4.78, 5) is 40.0. The highest BCUT2D eigenvalue weighted by Gasteiger charge is 2.49. The smallest absolute Gasteiger partial charge is 0.249 e. The number of rotatable bonds is 8. The van der Waals surface area contributed by atoms with E-state index in [1.165, 1.54) is 17.0 Å². The third kappa shape index (κ3) is 6.03. The SMILES string of the molecule is CC(C)CC(NC(=O)C(O)Cc1ccc(O)cc1)C(=O)N1C(C(N)=O)CC2CCC(O)CC21. The van der Waals surface area contributed by atoms with Gasteiger partial charge in [0.05, 0.1) is 6.10 Å². The Labute approximate surface area is 194 Å². The van der Waals surface area contributed by atoms with Crippen LogP contribution in [0.25, 0.3) is 0 Å². The summed E-state index contributed by atoms with van der Waals surface area (Å²) in [5.41, 5.74) is 6.28. The number of hydrogen-bond acceptors (Lipinski definition) is 6. The summed E-state index contributed by atoms with van der Waals surface area (Å²) >= 11 is 0. The van der Waals surface area contributed by atoms with Crippen molar-refractivity contribution in [2.45, 2.75) is 82.7 Å². The monoisotopic (exact) mass is 461 g/mol. The molecule has 6 atom stereocenters. The van der Waals surface area contributed by atoms with Crippen molar-refractivity contribution < 1.29 is 29.7 Å². The number of likely N-dealkylation sites (tertiary alicyclic amines) is 1. The molecule has 2 aliphatic rings. The van der Waals surface area contributed by atoms with E-state index in [0.29, 0.717) is 37.7 Å². The van der Waals surface area contributed by atoms with Gasteiger partial charge in [-0.05, 0) is 61.6 Å². The molecule has 1 saturated carbocycles. The van der Waals surface area contributed by atoms with Crippen LogP contribution in [-0.4, -0.2) is 68.3 Å². The molecule has 0 radical (unpaired) electrons. The Hall–Kier alpha value is -2.65. The van der Waals surface area contributed by atoms with Gasteiger partial charge in [0.2, 0.25) is 17.7 Å². The first-order valence-corrected chi connectivity index (χ1v) is 11.6. The van der Waals surface area contributed by atoms with E-state index in [9.17, 15) is 29.7 Å². The highest BCUT2D eigenvalue weighted by atomic mass is 16.3. The van der Waals surface area contributed by atoms with Crippen molar-refractivity contribution in [1.29, 1.82) is 0 Å². The lowest BCUT2D eigenvalue weighted by Gasteiger charge is -2.37. The minimum atomic E-state index is -1.38. The van der Waals surface area contributed by atoms with E-state index in [0.717, 1.165) is 0 Å². The molecule has 6 N–H and O–H groups in total. The lowest BCUT2D eigenvalue weighted by Crippen LogP contribution is -2.57. The number of fused-ring (bicyclic) bond motifs is 1. The molecule has 0 bridgehead atoms. The molecule has 0 spiro atoms. The standard InChI is InChI=1S/C24H35N3O6/c1-13(2)9-18(26-23(32)21(30)10-14-3-6-16(28)7-4-14)24(33)27-19-12-17(29)8-5-15(19)11-20(27)22(25)31/h3-4,6-7,13,15,17-21,28-30H,5,8-12H2,1-2H3,(H2,25,31)(H,26,32). The van der Waals surface area contributed by atoms with Gasteiger partial charge in [0.1, 0.15) is 23.9 Å². The maximum absolute atomic E-state index is 13.6. The molecule has 33 heavy (non-hydrogen) atoms. The largest absolute Gasteiger partial charge is 0.508 e. The van der Waals surface area contributed by atoms with Crippen molar-refractivity contribution in [2.24, 2.45) is 17.6 Å². The molecule has 1 aliphatic carbocycles. The van der Waals surface area contributed by atoms with Crippen LogP contribution in [0.3, 0.4) is 0 Å². The predicted molar refractivity (Wildman–Crippen MR) is 121 cm³/mol. The van der Waals surface area contributed by atoms with Crippen LogP contribution in [0.1, 0.15) is 51.5 Å². The van der Waals surface area contributed by atoms with Crippen molar-refractivity contribution in [3.05, 3.63) is 29.8 Å². The Morgan fingerprint density at radius 2 is 1.82 bits per heavy atom. The summed E-state index contributed by atoms with van der Waals surface area (Å²) in [5, 5.41) is 32.7. The van der Waals surface area contributed by atoms with Gasteiger partial charge in [0.25, 0.3) is 0 Å². The molecule has 1 saturated heterocycles. The van der Waals surface area contributed by atoms with Gasteiger partial charge in [0.15, 0.2) is 0 Å². The normalized spacial score (nSPS) is 26.5. The zero-order chi connectivity index (χ0) is 24.3. The van der Waals surface area contributed by atoms with Crippen LogP contribution in [0.15, 0.2) is 24.3 Å². The van der Waals surface area contributed by atoms with Crippen molar-refractivity contribution in [2.75, 3.05) is 0 Å². The van der Waals surface area contributed by atoms with E-state index in [4.69, 9.17) is 5.73 Å². The number of primary amides is 1. The molecule has 0 aromatic heterocycles. The van der Waals surface area contributed by atoms with E-state index in [1.54, 1.807) is 12.1 Å². The number of phenols is 1. The molecular formula is C24H35N3O6. The molecule has 3 rings (SSSR count). The number of amides is 3. The molecule has 3 amide bonds. The van der Waals surface area contributed by atoms with Gasteiger partial charge in [-0.3, -0.25) is 14.4 Å². The molecule has 1 aliphatic heterocycles. The zero-order valence-electron chi connectivity index (χ0n) is 19.2. The third-order valence-corrected chi connectivity index (χ3v) is 6.72. The Balaban J connectivity index is 1.76. The summed E-state index contributed by atoms with van der Waals surface area (Å²) < 4.78 is 0. The van der Waals surface area contributed by atoms with Crippen LogP contribution in [0.2, 0.25) is 0 Å². The number of aliphatic hydroxyl groups is 2. The summed E-state index contributed by atoms with van der Waals surface area (Å²) in [6, 6.07) is 4.16. The average molecular weight is 462 g/mol. The van der Waals surface area contributed by atoms with Gasteiger partial charge in [-0.1, -0.05) is 26.0 Å². The predicted octanol–water partition coefficient (Wildman–Crippen LogP) is 0.442. The Morgan fingerprint density at radius 1 is 1.15 bits per heavy atom. The molecule has 1 aromatic rings. The van der Waals surface area contributed by atoms with Gasteiger partial charge in [-0.15, -0.1) is 0 Å². The van der Waals surface area contributed by atoms with Gasteiger partial charge in [0, 0.05) is 12.5 Å². The Bertz CT molecular complexity index is 858. The van der Waals surface area contributed by atoms with Crippen molar-refractivity contribution in [3.8, 4) is 5.75 Å². The molecule has 2 fully saturated rings. The number of carbonyl (C=O) groups is 3. The fraction of sp³-hybridized carbons (Fsp3) is 0.625. The number of nitrogens with one attached hydrogen (secondary N) is 1. The van der Waals surface area contributed by atoms with Crippen LogP contribution >= 0.6 is 0 Å². The quantitative estimate of drug-likeness (QED) is 0.379. The summed E-state index contributed by atoms with van der Waals surface area (Å²) in [7, 11) is 0. The maximum Gasteiger partial charge on any atom is 0.249 e. The number of aliphatic hydroxyl groups excluding tert-OH is 2. The van der Waals surface area contributed by atoms with Gasteiger partial charge < -0.3 is 31.3 Å². The summed E-state index contributed by atoms with van der Waals surface area (Å²) in [6.07, 6.45) is 0.620.